The molecule has 0 atom stereocenters. The molecule has 0 N–H and O–H groups in total. The third-order valence-electron chi connectivity index (χ3n) is 3.74. The highest BCUT2D eigenvalue weighted by Gasteiger charge is 2.25. The maximum atomic E-state index is 5.65. The molecule has 0 aromatic carbocycles. The van der Waals surface area contributed by atoms with E-state index >= 15 is 0 Å². The van der Waals surface area contributed by atoms with Crippen LogP contribution in [0.4, 0.5) is 0 Å². The summed E-state index contributed by atoms with van der Waals surface area (Å²) in [5, 5.41) is 0. The summed E-state index contributed by atoms with van der Waals surface area (Å²) in [6, 6.07) is 8.07. The van der Waals surface area contributed by atoms with Crippen molar-refractivity contribution in [2.45, 2.75) is 19.3 Å². The van der Waals surface area contributed by atoms with Gasteiger partial charge in [-0.2, -0.15) is 0 Å². The molecule has 0 aliphatic heterocycles. The average Bonchev–Trinajstić information content (AvgIpc) is 3.00. The molecule has 0 saturated heterocycles. The van der Waals surface area contributed by atoms with Gasteiger partial charge in [0.2, 0.25) is 0 Å². The Hall–Kier alpha value is -2.36. The molecule has 0 spiro atoms. The van der Waals surface area contributed by atoms with Gasteiger partial charge in [0.1, 0.15) is 0 Å². The molecule has 3 aromatic heterocycles. The predicted octanol–water partition coefficient (Wildman–Crippen LogP) is 3.48. The first kappa shape index (κ1) is 11.5. The smallest absolute Gasteiger partial charge is 0.181 e. The van der Waals surface area contributed by atoms with Gasteiger partial charge < -0.3 is 8.98 Å². The highest BCUT2D eigenvalue weighted by atomic mass is 16.3. The van der Waals surface area contributed by atoms with E-state index in [-0.39, 0.29) is 0 Å². The summed E-state index contributed by atoms with van der Waals surface area (Å²) in [5.41, 5.74) is 3.19. The lowest BCUT2D eigenvalue weighted by Crippen LogP contribution is -1.97. The molecule has 0 bridgehead atoms. The minimum atomic E-state index is 0.795. The Kier molecular flexibility index (Phi) is 2.66. The minimum absolute atomic E-state index is 0.795. The Morgan fingerprint density at radius 3 is 2.85 bits per heavy atom. The Balaban J connectivity index is 1.76. The Labute approximate surface area is 117 Å². The van der Waals surface area contributed by atoms with Crippen molar-refractivity contribution in [1.29, 1.82) is 0 Å². The van der Waals surface area contributed by atoms with Gasteiger partial charge in [-0.3, -0.25) is 4.98 Å². The molecule has 3 aromatic rings. The van der Waals surface area contributed by atoms with Gasteiger partial charge in [-0.15, -0.1) is 0 Å². The van der Waals surface area contributed by atoms with E-state index in [9.17, 15) is 0 Å². The Morgan fingerprint density at radius 1 is 1.20 bits per heavy atom. The molecule has 3 heterocycles. The van der Waals surface area contributed by atoms with Gasteiger partial charge in [0.05, 0.1) is 11.4 Å². The SMILES string of the molecule is c1cc(-c2ocnc2CC2CC2)n(-c2ccncc2)c1. The van der Waals surface area contributed by atoms with Crippen LogP contribution >= 0.6 is 0 Å². The van der Waals surface area contributed by atoms with Gasteiger partial charge in [0, 0.05) is 24.3 Å². The lowest BCUT2D eigenvalue weighted by Gasteiger charge is -2.08. The van der Waals surface area contributed by atoms with Crippen molar-refractivity contribution in [2.24, 2.45) is 5.92 Å². The summed E-state index contributed by atoms with van der Waals surface area (Å²) in [5.74, 6) is 1.68. The topological polar surface area (TPSA) is 43.9 Å². The van der Waals surface area contributed by atoms with Gasteiger partial charge in [0.15, 0.2) is 12.2 Å². The van der Waals surface area contributed by atoms with Gasteiger partial charge in [0.25, 0.3) is 0 Å². The van der Waals surface area contributed by atoms with Crippen LogP contribution in [0.5, 0.6) is 0 Å². The largest absolute Gasteiger partial charge is 0.442 e. The third-order valence-corrected chi connectivity index (χ3v) is 3.74. The van der Waals surface area contributed by atoms with Gasteiger partial charge in [-0.1, -0.05) is 0 Å². The highest BCUT2D eigenvalue weighted by Crippen LogP contribution is 2.35. The summed E-state index contributed by atoms with van der Waals surface area (Å²) in [4.78, 5) is 8.46. The molecule has 1 saturated carbocycles. The third kappa shape index (κ3) is 2.03. The fourth-order valence-electron chi connectivity index (χ4n) is 2.51. The summed E-state index contributed by atoms with van der Waals surface area (Å²) in [6.45, 7) is 0. The van der Waals surface area contributed by atoms with Crippen LogP contribution in [0.1, 0.15) is 18.5 Å². The van der Waals surface area contributed by atoms with Gasteiger partial charge >= 0.3 is 0 Å². The quantitative estimate of drug-likeness (QED) is 0.725. The maximum Gasteiger partial charge on any atom is 0.181 e. The zero-order valence-corrected chi connectivity index (χ0v) is 11.1. The number of hydrogen-bond acceptors (Lipinski definition) is 3. The Morgan fingerprint density at radius 2 is 2.05 bits per heavy atom. The molecule has 0 radical (unpaired) electrons. The van der Waals surface area contributed by atoms with Gasteiger partial charge in [-0.25, -0.2) is 4.98 Å². The molecule has 4 nitrogen and oxygen atoms in total. The second-order valence-electron chi connectivity index (χ2n) is 5.24. The number of nitrogens with zero attached hydrogens (tertiary/aromatic N) is 3. The van der Waals surface area contributed by atoms with E-state index < -0.39 is 0 Å². The highest BCUT2D eigenvalue weighted by molar-refractivity contribution is 5.59. The van der Waals surface area contributed by atoms with Crippen molar-refractivity contribution < 1.29 is 4.42 Å². The first-order valence-corrected chi connectivity index (χ1v) is 6.92. The van der Waals surface area contributed by atoms with Crippen LogP contribution < -0.4 is 0 Å². The van der Waals surface area contributed by atoms with E-state index in [0.29, 0.717) is 0 Å². The van der Waals surface area contributed by atoms with Crippen LogP contribution in [0.15, 0.2) is 53.7 Å². The molecule has 1 fully saturated rings. The number of oxazole rings is 1. The van der Waals surface area contributed by atoms with E-state index in [4.69, 9.17) is 4.42 Å². The van der Waals surface area contributed by atoms with Crippen molar-refractivity contribution in [2.75, 3.05) is 0 Å². The second-order valence-corrected chi connectivity index (χ2v) is 5.24. The fraction of sp³-hybridized carbons (Fsp3) is 0.250. The van der Waals surface area contributed by atoms with Crippen molar-refractivity contribution in [3.63, 3.8) is 0 Å². The lowest BCUT2D eigenvalue weighted by atomic mass is 10.1. The monoisotopic (exact) mass is 265 g/mol. The summed E-state index contributed by atoms with van der Waals surface area (Å²) in [6.07, 6.45) is 10.8. The molecule has 4 heteroatoms. The first-order valence-electron chi connectivity index (χ1n) is 6.92. The number of rotatable bonds is 4. The molecular weight excluding hydrogens is 250 g/mol. The van der Waals surface area contributed by atoms with Crippen molar-refractivity contribution in [3.8, 4) is 17.1 Å². The van der Waals surface area contributed by atoms with Crippen LogP contribution in [-0.2, 0) is 6.42 Å². The van der Waals surface area contributed by atoms with Crippen LogP contribution in [0.25, 0.3) is 17.1 Å². The molecule has 20 heavy (non-hydrogen) atoms. The van der Waals surface area contributed by atoms with Crippen LogP contribution in [0.2, 0.25) is 0 Å². The molecule has 1 aliphatic rings. The second kappa shape index (κ2) is 4.63. The van der Waals surface area contributed by atoms with Gasteiger partial charge in [-0.05, 0) is 49.4 Å². The van der Waals surface area contributed by atoms with E-state index in [2.05, 4.69) is 20.6 Å². The summed E-state index contributed by atoms with van der Waals surface area (Å²) in [7, 11) is 0. The van der Waals surface area contributed by atoms with Crippen molar-refractivity contribution >= 4 is 0 Å². The van der Waals surface area contributed by atoms with Crippen molar-refractivity contribution in [1.82, 2.24) is 14.5 Å². The first-order chi connectivity index (χ1) is 9.92. The molecule has 4 rings (SSSR count). The normalized spacial score (nSPS) is 14.6. The zero-order chi connectivity index (χ0) is 13.4. The maximum absolute atomic E-state index is 5.65. The van der Waals surface area contributed by atoms with E-state index in [1.54, 1.807) is 18.8 Å². The number of pyridine rings is 1. The van der Waals surface area contributed by atoms with Crippen LogP contribution in [0, 0.1) is 5.92 Å². The van der Waals surface area contributed by atoms with E-state index in [0.717, 1.165) is 35.2 Å². The minimum Gasteiger partial charge on any atom is -0.442 e. The average molecular weight is 265 g/mol. The predicted molar refractivity (Wildman–Crippen MR) is 75.5 cm³/mol. The number of aromatic nitrogens is 3. The molecule has 100 valence electrons. The Bertz CT molecular complexity index is 710. The molecule has 1 aliphatic carbocycles. The van der Waals surface area contributed by atoms with E-state index in [1.165, 1.54) is 12.8 Å². The standard InChI is InChI=1S/C16H15N3O/c1-2-15(19(9-1)13-5-7-17-8-6-13)16-14(18-11-20-16)10-12-3-4-12/h1-2,5-9,11-12H,3-4,10H2. The number of hydrogen-bond donors (Lipinski definition) is 0. The summed E-state index contributed by atoms with van der Waals surface area (Å²) >= 11 is 0. The molecule has 0 unspecified atom stereocenters. The van der Waals surface area contributed by atoms with Crippen LogP contribution in [-0.4, -0.2) is 14.5 Å². The molecular formula is C16H15N3O. The zero-order valence-electron chi connectivity index (χ0n) is 11.1. The molecule has 0 amide bonds. The van der Waals surface area contributed by atoms with Crippen LogP contribution in [0.3, 0.4) is 0 Å². The summed E-state index contributed by atoms with van der Waals surface area (Å²) < 4.78 is 7.76. The fourth-order valence-corrected chi connectivity index (χ4v) is 2.51. The van der Waals surface area contributed by atoms with E-state index in [1.807, 2.05) is 24.4 Å². The van der Waals surface area contributed by atoms with Crippen molar-refractivity contribution in [3.05, 3.63) is 54.9 Å². The lowest BCUT2D eigenvalue weighted by molar-refractivity contribution is 0.567.